The fraction of sp³-hybridized carbons (Fsp3) is 0.263. The molecule has 5 heteroatoms. The van der Waals surface area contributed by atoms with E-state index in [-0.39, 0.29) is 11.8 Å². The summed E-state index contributed by atoms with van der Waals surface area (Å²) in [5.74, 6) is 0.987. The van der Waals surface area contributed by atoms with Crippen LogP contribution in [-0.4, -0.2) is 17.6 Å². The molecule has 2 amide bonds. The highest BCUT2D eigenvalue weighted by Gasteiger charge is 2.12. The van der Waals surface area contributed by atoms with Gasteiger partial charge in [-0.05, 0) is 54.0 Å². The Labute approximate surface area is 146 Å². The van der Waals surface area contributed by atoms with Crippen molar-refractivity contribution in [3.63, 3.8) is 0 Å². The number of hydrogen-bond acceptors (Lipinski definition) is 3. The minimum absolute atomic E-state index is 0.0570. The monoisotopic (exact) mass is 340 g/mol. The summed E-state index contributed by atoms with van der Waals surface area (Å²) < 4.78 is 0. The van der Waals surface area contributed by atoms with Crippen molar-refractivity contribution in [2.75, 3.05) is 16.4 Å². The molecule has 2 aromatic carbocycles. The predicted molar refractivity (Wildman–Crippen MR) is 98.6 cm³/mol. The lowest BCUT2D eigenvalue weighted by Crippen LogP contribution is -2.15. The summed E-state index contributed by atoms with van der Waals surface area (Å²) in [6, 6.07) is 13.5. The number of rotatable bonds is 4. The number of amides is 2. The molecule has 0 radical (unpaired) electrons. The molecular weight excluding hydrogens is 320 g/mol. The first-order valence-corrected chi connectivity index (χ1v) is 9.01. The molecule has 2 aromatic rings. The third-order valence-electron chi connectivity index (χ3n) is 3.80. The van der Waals surface area contributed by atoms with Gasteiger partial charge in [-0.1, -0.05) is 18.2 Å². The van der Waals surface area contributed by atoms with E-state index in [1.165, 1.54) is 29.6 Å². The molecule has 1 heterocycles. The van der Waals surface area contributed by atoms with Crippen LogP contribution in [0.15, 0.2) is 47.4 Å². The van der Waals surface area contributed by atoms with Crippen LogP contribution in [0.1, 0.15) is 24.5 Å². The predicted octanol–water partition coefficient (Wildman–Crippen LogP) is 3.86. The third kappa shape index (κ3) is 4.38. The number of carbonyl (C=O) groups is 2. The molecule has 0 fully saturated rings. The molecule has 1 aliphatic heterocycles. The van der Waals surface area contributed by atoms with E-state index >= 15 is 0 Å². The quantitative estimate of drug-likeness (QED) is 0.888. The highest BCUT2D eigenvalue weighted by molar-refractivity contribution is 7.99. The fourth-order valence-corrected chi connectivity index (χ4v) is 3.81. The summed E-state index contributed by atoms with van der Waals surface area (Å²) in [6.07, 6.45) is 2.64. The summed E-state index contributed by atoms with van der Waals surface area (Å²) >= 11 is 1.89. The molecule has 0 saturated heterocycles. The van der Waals surface area contributed by atoms with Crippen LogP contribution >= 0.6 is 11.8 Å². The van der Waals surface area contributed by atoms with Crippen molar-refractivity contribution in [2.45, 2.75) is 31.1 Å². The third-order valence-corrected chi connectivity index (χ3v) is 5.01. The minimum atomic E-state index is -0.134. The van der Waals surface area contributed by atoms with Crippen molar-refractivity contribution in [3.8, 4) is 0 Å². The van der Waals surface area contributed by atoms with Crippen LogP contribution in [0.4, 0.5) is 11.4 Å². The van der Waals surface area contributed by atoms with Crippen LogP contribution in [0.25, 0.3) is 0 Å². The van der Waals surface area contributed by atoms with Crippen molar-refractivity contribution >= 4 is 35.0 Å². The second-order valence-electron chi connectivity index (χ2n) is 5.88. The summed E-state index contributed by atoms with van der Waals surface area (Å²) in [5, 5.41) is 5.60. The van der Waals surface area contributed by atoms with Crippen LogP contribution < -0.4 is 10.6 Å². The average Bonchev–Trinajstić information content (AvgIpc) is 2.54. The highest BCUT2D eigenvalue weighted by atomic mass is 32.2. The van der Waals surface area contributed by atoms with E-state index in [2.05, 4.69) is 22.8 Å². The Morgan fingerprint density at radius 3 is 2.67 bits per heavy atom. The van der Waals surface area contributed by atoms with Gasteiger partial charge in [0.1, 0.15) is 0 Å². The average molecular weight is 340 g/mol. The molecule has 1 aliphatic rings. The number of thioether (sulfide) groups is 1. The SMILES string of the molecule is CC(=O)Nc1cccc(NC(=O)Cc2ccc3c(c2)CCCS3)c1. The Morgan fingerprint density at radius 1 is 1.08 bits per heavy atom. The molecule has 0 aromatic heterocycles. The van der Waals surface area contributed by atoms with Crippen molar-refractivity contribution in [2.24, 2.45) is 0 Å². The zero-order valence-corrected chi connectivity index (χ0v) is 14.4. The van der Waals surface area contributed by atoms with Crippen molar-refractivity contribution in [3.05, 3.63) is 53.6 Å². The van der Waals surface area contributed by atoms with Gasteiger partial charge in [-0.3, -0.25) is 9.59 Å². The number of carbonyl (C=O) groups excluding carboxylic acids is 2. The molecule has 2 N–H and O–H groups in total. The van der Waals surface area contributed by atoms with Gasteiger partial charge in [-0.25, -0.2) is 0 Å². The van der Waals surface area contributed by atoms with Crippen LogP contribution in [0.3, 0.4) is 0 Å². The maximum Gasteiger partial charge on any atom is 0.228 e. The molecule has 0 bridgehead atoms. The first-order chi connectivity index (χ1) is 11.6. The lowest BCUT2D eigenvalue weighted by Gasteiger charge is -2.16. The molecule has 24 heavy (non-hydrogen) atoms. The number of aryl methyl sites for hydroxylation is 1. The summed E-state index contributed by atoms with van der Waals surface area (Å²) in [5.41, 5.74) is 3.74. The van der Waals surface area contributed by atoms with E-state index in [9.17, 15) is 9.59 Å². The van der Waals surface area contributed by atoms with Gasteiger partial charge in [-0.15, -0.1) is 11.8 Å². The van der Waals surface area contributed by atoms with Crippen LogP contribution in [0.2, 0.25) is 0 Å². The Bertz CT molecular complexity index is 774. The van der Waals surface area contributed by atoms with Crippen molar-refractivity contribution in [1.82, 2.24) is 0 Å². The van der Waals surface area contributed by atoms with Gasteiger partial charge in [0.05, 0.1) is 6.42 Å². The van der Waals surface area contributed by atoms with E-state index < -0.39 is 0 Å². The first kappa shape index (κ1) is 16.6. The molecular formula is C19H20N2O2S. The smallest absolute Gasteiger partial charge is 0.228 e. The Hall–Kier alpha value is -2.27. The zero-order chi connectivity index (χ0) is 16.9. The first-order valence-electron chi connectivity index (χ1n) is 8.02. The molecule has 0 aliphatic carbocycles. The van der Waals surface area contributed by atoms with E-state index in [0.717, 1.165) is 12.0 Å². The fourth-order valence-electron chi connectivity index (χ4n) is 2.79. The van der Waals surface area contributed by atoms with Crippen LogP contribution in [0.5, 0.6) is 0 Å². The maximum atomic E-state index is 12.3. The second-order valence-corrected chi connectivity index (χ2v) is 7.02. The summed E-state index contributed by atoms with van der Waals surface area (Å²) in [4.78, 5) is 24.7. The highest BCUT2D eigenvalue weighted by Crippen LogP contribution is 2.30. The summed E-state index contributed by atoms with van der Waals surface area (Å²) in [7, 11) is 0. The number of nitrogens with one attached hydrogen (secondary N) is 2. The summed E-state index contributed by atoms with van der Waals surface area (Å²) in [6.45, 7) is 1.46. The van der Waals surface area contributed by atoms with E-state index in [1.54, 1.807) is 18.2 Å². The van der Waals surface area contributed by atoms with Gasteiger partial charge in [0.25, 0.3) is 0 Å². The van der Waals surface area contributed by atoms with Crippen LogP contribution in [0, 0.1) is 0 Å². The van der Waals surface area contributed by atoms with E-state index in [1.807, 2.05) is 23.9 Å². The molecule has 124 valence electrons. The van der Waals surface area contributed by atoms with E-state index in [4.69, 9.17) is 0 Å². The van der Waals surface area contributed by atoms with Crippen molar-refractivity contribution in [1.29, 1.82) is 0 Å². The van der Waals surface area contributed by atoms with Gasteiger partial charge < -0.3 is 10.6 Å². The lowest BCUT2D eigenvalue weighted by atomic mass is 10.0. The van der Waals surface area contributed by atoms with Gasteiger partial charge in [-0.2, -0.15) is 0 Å². The van der Waals surface area contributed by atoms with Gasteiger partial charge in [0.15, 0.2) is 0 Å². The van der Waals surface area contributed by atoms with Crippen molar-refractivity contribution < 1.29 is 9.59 Å². The van der Waals surface area contributed by atoms with Gasteiger partial charge >= 0.3 is 0 Å². The Morgan fingerprint density at radius 2 is 1.88 bits per heavy atom. The zero-order valence-electron chi connectivity index (χ0n) is 13.6. The number of hydrogen-bond donors (Lipinski definition) is 2. The molecule has 0 spiro atoms. The Balaban J connectivity index is 1.64. The molecule has 3 rings (SSSR count). The van der Waals surface area contributed by atoms with Crippen LogP contribution in [-0.2, 0) is 22.4 Å². The molecule has 4 nitrogen and oxygen atoms in total. The molecule has 0 atom stereocenters. The normalized spacial score (nSPS) is 13.0. The molecule has 0 unspecified atom stereocenters. The minimum Gasteiger partial charge on any atom is -0.326 e. The lowest BCUT2D eigenvalue weighted by molar-refractivity contribution is -0.115. The topological polar surface area (TPSA) is 58.2 Å². The largest absolute Gasteiger partial charge is 0.326 e. The Kier molecular flexibility index (Phi) is 5.20. The standard InChI is InChI=1S/C19H20N2O2S/c1-13(22)20-16-5-2-6-17(12-16)21-19(23)11-14-7-8-18-15(10-14)4-3-9-24-18/h2,5-8,10,12H,3-4,9,11H2,1H3,(H,20,22)(H,21,23). The second kappa shape index (κ2) is 7.53. The van der Waals surface area contributed by atoms with E-state index in [0.29, 0.717) is 17.8 Å². The van der Waals surface area contributed by atoms with Gasteiger partial charge in [0.2, 0.25) is 11.8 Å². The number of benzene rings is 2. The number of fused-ring (bicyclic) bond motifs is 1. The maximum absolute atomic E-state index is 12.3. The van der Waals surface area contributed by atoms with Gasteiger partial charge in [0, 0.05) is 23.2 Å². The molecule has 0 saturated carbocycles. The number of anilines is 2.